The highest BCUT2D eigenvalue weighted by molar-refractivity contribution is 6.05. The molecular formula is C21H26N4O3. The number of nitrogens with zero attached hydrogens (tertiary/aromatic N) is 2. The molecule has 5 rings (SSSR count). The van der Waals surface area contributed by atoms with Crippen molar-refractivity contribution in [3.63, 3.8) is 0 Å². The summed E-state index contributed by atoms with van der Waals surface area (Å²) in [5.41, 5.74) is 8.94. The van der Waals surface area contributed by atoms with Gasteiger partial charge in [0.05, 0.1) is 0 Å². The van der Waals surface area contributed by atoms with Crippen LogP contribution in [0, 0.1) is 5.92 Å². The van der Waals surface area contributed by atoms with Gasteiger partial charge in [-0.2, -0.15) is 0 Å². The van der Waals surface area contributed by atoms with Crippen molar-refractivity contribution < 1.29 is 14.4 Å². The fraction of sp³-hybridized carbons (Fsp3) is 0.571. The highest BCUT2D eigenvalue weighted by Gasteiger charge is 2.45. The number of imide groups is 1. The van der Waals surface area contributed by atoms with Crippen molar-refractivity contribution in [1.29, 1.82) is 0 Å². The molecule has 1 aromatic carbocycles. The predicted molar refractivity (Wildman–Crippen MR) is 102 cm³/mol. The molecule has 1 unspecified atom stereocenters. The molecule has 3 heterocycles. The molecule has 2 bridgehead atoms. The normalized spacial score (nSPS) is 32.2. The third-order valence-corrected chi connectivity index (χ3v) is 7.16. The Hall–Kier alpha value is -2.25. The molecule has 4 atom stereocenters. The lowest BCUT2D eigenvalue weighted by molar-refractivity contribution is -0.136. The fourth-order valence-electron chi connectivity index (χ4n) is 5.75. The first-order valence-corrected chi connectivity index (χ1v) is 10.3. The van der Waals surface area contributed by atoms with E-state index in [1.807, 2.05) is 12.1 Å². The van der Waals surface area contributed by atoms with E-state index in [0.29, 0.717) is 43.1 Å². The van der Waals surface area contributed by atoms with Crippen LogP contribution in [-0.2, 0) is 22.7 Å². The smallest absolute Gasteiger partial charge is 0.255 e. The molecule has 1 aliphatic carbocycles. The molecule has 28 heavy (non-hydrogen) atoms. The maximum atomic E-state index is 13.0. The van der Waals surface area contributed by atoms with E-state index in [4.69, 9.17) is 5.73 Å². The molecule has 0 radical (unpaired) electrons. The van der Waals surface area contributed by atoms with Gasteiger partial charge in [-0.25, -0.2) is 0 Å². The monoisotopic (exact) mass is 382 g/mol. The van der Waals surface area contributed by atoms with Gasteiger partial charge in [-0.05, 0) is 48.8 Å². The van der Waals surface area contributed by atoms with Crippen LogP contribution >= 0.6 is 0 Å². The Morgan fingerprint density at radius 2 is 2.00 bits per heavy atom. The third-order valence-electron chi connectivity index (χ3n) is 7.16. The van der Waals surface area contributed by atoms with E-state index in [1.165, 1.54) is 19.3 Å². The molecule has 3 amide bonds. The Morgan fingerprint density at radius 3 is 2.79 bits per heavy atom. The molecule has 3 fully saturated rings. The number of benzene rings is 1. The van der Waals surface area contributed by atoms with E-state index >= 15 is 0 Å². The Morgan fingerprint density at radius 1 is 1.14 bits per heavy atom. The number of carbonyl (C=O) groups is 3. The van der Waals surface area contributed by atoms with E-state index in [9.17, 15) is 14.4 Å². The molecular weight excluding hydrogens is 356 g/mol. The summed E-state index contributed by atoms with van der Waals surface area (Å²) in [4.78, 5) is 40.9. The summed E-state index contributed by atoms with van der Waals surface area (Å²) in [6.45, 7) is 1.92. The summed E-state index contributed by atoms with van der Waals surface area (Å²) >= 11 is 0. The summed E-state index contributed by atoms with van der Waals surface area (Å²) in [5.74, 6) is -0.0277. The highest BCUT2D eigenvalue weighted by atomic mass is 16.2. The molecule has 4 aliphatic rings. The van der Waals surface area contributed by atoms with E-state index in [0.717, 1.165) is 17.7 Å². The Kier molecular flexibility index (Phi) is 4.25. The van der Waals surface area contributed by atoms with Crippen LogP contribution in [0.15, 0.2) is 18.2 Å². The van der Waals surface area contributed by atoms with Crippen LogP contribution in [-0.4, -0.2) is 52.2 Å². The van der Waals surface area contributed by atoms with E-state index < -0.39 is 6.04 Å². The van der Waals surface area contributed by atoms with Crippen molar-refractivity contribution in [1.82, 2.24) is 15.1 Å². The van der Waals surface area contributed by atoms with Gasteiger partial charge in [0.2, 0.25) is 11.8 Å². The minimum atomic E-state index is -0.565. The molecule has 7 nitrogen and oxygen atoms in total. The molecule has 1 aromatic rings. The van der Waals surface area contributed by atoms with E-state index in [1.54, 1.807) is 4.90 Å². The van der Waals surface area contributed by atoms with Crippen LogP contribution in [0.4, 0.5) is 0 Å². The number of rotatable bonds is 4. The van der Waals surface area contributed by atoms with Crippen molar-refractivity contribution in [2.24, 2.45) is 11.7 Å². The molecule has 0 spiro atoms. The number of likely N-dealkylation sites (tertiary alicyclic amines) is 1. The minimum absolute atomic E-state index is 0.107. The second-order valence-corrected chi connectivity index (χ2v) is 8.55. The first kappa shape index (κ1) is 17.8. The number of hydrogen-bond acceptors (Lipinski definition) is 5. The largest absolute Gasteiger partial charge is 0.329 e. The standard InChI is InChI=1S/C21H26N4O3/c22-9-18-12-4-5-14(8-12)24(18)10-13-2-1-3-15-16(13)11-25(21(15)28)17-6-7-19(26)23-20(17)27/h1-3,12,14,17-18H,4-11,22H2,(H,23,26,27)/t12-,14+,17?,18+/m0/s1. The maximum absolute atomic E-state index is 13.0. The van der Waals surface area contributed by atoms with Crippen LogP contribution in [0.3, 0.4) is 0 Å². The lowest BCUT2D eigenvalue weighted by Crippen LogP contribution is -2.52. The SMILES string of the molecule is NC[C@@H]1[C@H]2CC[C@H](C2)N1Cc1cccc2c1CN(C1CCC(=O)NC1=O)C2=O. The number of nitrogens with two attached hydrogens (primary N) is 1. The fourth-order valence-corrected chi connectivity index (χ4v) is 5.75. The lowest BCUT2D eigenvalue weighted by atomic mass is 9.97. The summed E-state index contributed by atoms with van der Waals surface area (Å²) in [7, 11) is 0. The van der Waals surface area contributed by atoms with Gasteiger partial charge in [-0.15, -0.1) is 0 Å². The molecule has 3 aliphatic heterocycles. The number of amides is 3. The van der Waals surface area contributed by atoms with Crippen LogP contribution in [0.5, 0.6) is 0 Å². The van der Waals surface area contributed by atoms with Crippen molar-refractivity contribution in [2.45, 2.75) is 63.3 Å². The van der Waals surface area contributed by atoms with Gasteiger partial charge in [-0.3, -0.25) is 24.6 Å². The average Bonchev–Trinajstić information content (AvgIpc) is 3.36. The Balaban J connectivity index is 1.39. The minimum Gasteiger partial charge on any atom is -0.329 e. The number of nitrogens with one attached hydrogen (secondary N) is 1. The number of fused-ring (bicyclic) bond motifs is 3. The van der Waals surface area contributed by atoms with Crippen LogP contribution in [0.2, 0.25) is 0 Å². The number of piperidine rings is 2. The van der Waals surface area contributed by atoms with Gasteiger partial charge in [0.15, 0.2) is 0 Å². The van der Waals surface area contributed by atoms with Gasteiger partial charge in [-0.1, -0.05) is 12.1 Å². The lowest BCUT2D eigenvalue weighted by Gasteiger charge is -2.35. The Bertz CT molecular complexity index is 854. The summed E-state index contributed by atoms with van der Waals surface area (Å²) in [5, 5.41) is 2.36. The highest BCUT2D eigenvalue weighted by Crippen LogP contribution is 2.43. The van der Waals surface area contributed by atoms with Crippen molar-refractivity contribution >= 4 is 17.7 Å². The zero-order valence-corrected chi connectivity index (χ0v) is 15.9. The van der Waals surface area contributed by atoms with Crippen molar-refractivity contribution in [3.8, 4) is 0 Å². The first-order valence-electron chi connectivity index (χ1n) is 10.3. The number of hydrogen-bond donors (Lipinski definition) is 2. The zero-order valence-electron chi connectivity index (χ0n) is 15.9. The maximum Gasteiger partial charge on any atom is 0.255 e. The van der Waals surface area contributed by atoms with Gasteiger partial charge < -0.3 is 10.6 Å². The van der Waals surface area contributed by atoms with Gasteiger partial charge in [0.25, 0.3) is 5.91 Å². The third kappa shape index (κ3) is 2.68. The van der Waals surface area contributed by atoms with Crippen molar-refractivity contribution in [2.75, 3.05) is 6.54 Å². The van der Waals surface area contributed by atoms with E-state index in [2.05, 4.69) is 16.3 Å². The molecule has 148 valence electrons. The van der Waals surface area contributed by atoms with Gasteiger partial charge >= 0.3 is 0 Å². The molecule has 7 heteroatoms. The summed E-state index contributed by atoms with van der Waals surface area (Å²) in [6, 6.07) is 6.34. The molecule has 3 N–H and O–H groups in total. The van der Waals surface area contributed by atoms with Crippen LogP contribution < -0.4 is 11.1 Å². The summed E-state index contributed by atoms with van der Waals surface area (Å²) in [6.07, 6.45) is 4.41. The van der Waals surface area contributed by atoms with Gasteiger partial charge in [0, 0.05) is 43.7 Å². The number of carbonyl (C=O) groups excluding carboxylic acids is 3. The quantitative estimate of drug-likeness (QED) is 0.750. The topological polar surface area (TPSA) is 95.7 Å². The zero-order chi connectivity index (χ0) is 19.4. The average molecular weight is 382 g/mol. The molecule has 1 saturated carbocycles. The van der Waals surface area contributed by atoms with Crippen LogP contribution in [0.25, 0.3) is 0 Å². The van der Waals surface area contributed by atoms with E-state index in [-0.39, 0.29) is 24.1 Å². The second kappa shape index (κ2) is 6.67. The van der Waals surface area contributed by atoms with Crippen molar-refractivity contribution in [3.05, 3.63) is 34.9 Å². The molecule has 0 aromatic heterocycles. The molecule has 2 saturated heterocycles. The first-order chi connectivity index (χ1) is 13.6. The van der Waals surface area contributed by atoms with Crippen LogP contribution in [0.1, 0.15) is 53.6 Å². The Labute approximate surface area is 164 Å². The predicted octanol–water partition coefficient (Wildman–Crippen LogP) is 0.759. The van der Waals surface area contributed by atoms with Gasteiger partial charge in [0.1, 0.15) is 6.04 Å². The summed E-state index contributed by atoms with van der Waals surface area (Å²) < 4.78 is 0. The second-order valence-electron chi connectivity index (χ2n) is 8.55.